The normalized spacial score (nSPS) is 10.3. The first-order valence-corrected chi connectivity index (χ1v) is 8.12. The molecule has 0 bridgehead atoms. The molecule has 4 nitrogen and oxygen atoms in total. The second kappa shape index (κ2) is 8.71. The van der Waals surface area contributed by atoms with Crippen molar-refractivity contribution in [1.82, 2.24) is 5.32 Å². The zero-order chi connectivity index (χ0) is 17.5. The Morgan fingerprint density at radius 3 is 2.54 bits per heavy atom. The molecular formula is C18H17Cl2NO3. The van der Waals surface area contributed by atoms with Crippen molar-refractivity contribution in [2.24, 2.45) is 0 Å². The number of hydrogen-bond donors (Lipinski definition) is 1. The Labute approximate surface area is 150 Å². The highest BCUT2D eigenvalue weighted by Crippen LogP contribution is 2.21. The lowest BCUT2D eigenvalue weighted by Crippen LogP contribution is -2.28. The molecule has 0 saturated heterocycles. The van der Waals surface area contributed by atoms with Crippen LogP contribution in [-0.4, -0.2) is 18.5 Å². The number of carbonyl (C=O) groups excluding carboxylic acids is 2. The molecule has 0 radical (unpaired) electrons. The van der Waals surface area contributed by atoms with Crippen molar-refractivity contribution in [2.75, 3.05) is 6.61 Å². The zero-order valence-electron chi connectivity index (χ0n) is 13.1. The van der Waals surface area contributed by atoms with Gasteiger partial charge in [0.05, 0.1) is 6.42 Å². The molecule has 0 spiro atoms. The van der Waals surface area contributed by atoms with Crippen LogP contribution in [0.5, 0.6) is 0 Å². The summed E-state index contributed by atoms with van der Waals surface area (Å²) in [4.78, 5) is 23.6. The maximum atomic E-state index is 11.8. The molecule has 1 amide bonds. The summed E-state index contributed by atoms with van der Waals surface area (Å²) in [5.41, 5.74) is 2.71. The summed E-state index contributed by atoms with van der Waals surface area (Å²) in [6.07, 6.45) is -0.0128. The molecule has 0 atom stereocenters. The van der Waals surface area contributed by atoms with Crippen LogP contribution in [0.25, 0.3) is 0 Å². The van der Waals surface area contributed by atoms with Crippen molar-refractivity contribution in [3.8, 4) is 0 Å². The highest BCUT2D eigenvalue weighted by atomic mass is 35.5. The molecule has 126 valence electrons. The summed E-state index contributed by atoms with van der Waals surface area (Å²) < 4.78 is 4.97. The van der Waals surface area contributed by atoms with Crippen LogP contribution in [0.2, 0.25) is 10.0 Å². The van der Waals surface area contributed by atoms with Gasteiger partial charge in [0.1, 0.15) is 0 Å². The van der Waals surface area contributed by atoms with E-state index in [9.17, 15) is 9.59 Å². The maximum absolute atomic E-state index is 11.8. The van der Waals surface area contributed by atoms with Crippen molar-refractivity contribution < 1.29 is 14.3 Å². The molecule has 2 aromatic rings. The first-order chi connectivity index (χ1) is 11.5. The third kappa shape index (κ3) is 5.55. The van der Waals surface area contributed by atoms with Crippen LogP contribution in [-0.2, 0) is 27.3 Å². The summed E-state index contributed by atoms with van der Waals surface area (Å²) >= 11 is 11.8. The number of aryl methyl sites for hydroxylation is 1. The lowest BCUT2D eigenvalue weighted by atomic mass is 10.1. The van der Waals surface area contributed by atoms with E-state index in [1.54, 1.807) is 18.2 Å². The van der Waals surface area contributed by atoms with Gasteiger partial charge in [0, 0.05) is 16.6 Å². The average molecular weight is 366 g/mol. The Morgan fingerprint density at radius 1 is 1.08 bits per heavy atom. The van der Waals surface area contributed by atoms with Crippen LogP contribution in [0.15, 0.2) is 42.5 Å². The Hall–Kier alpha value is -2.04. The van der Waals surface area contributed by atoms with E-state index >= 15 is 0 Å². The SMILES string of the molecule is Cc1ccccc1CNC(=O)COC(=O)Cc1ccc(Cl)cc1Cl. The topological polar surface area (TPSA) is 55.4 Å². The molecule has 0 unspecified atom stereocenters. The Kier molecular flexibility index (Phi) is 6.64. The zero-order valence-corrected chi connectivity index (χ0v) is 14.7. The minimum absolute atomic E-state index is 0.0128. The van der Waals surface area contributed by atoms with Crippen LogP contribution in [0.3, 0.4) is 0 Å². The summed E-state index contributed by atoms with van der Waals surface area (Å²) in [5.74, 6) is -0.876. The molecule has 0 aromatic heterocycles. The van der Waals surface area contributed by atoms with Crippen LogP contribution < -0.4 is 5.32 Å². The fraction of sp³-hybridized carbons (Fsp3) is 0.222. The Morgan fingerprint density at radius 2 is 1.83 bits per heavy atom. The van der Waals surface area contributed by atoms with Crippen molar-refractivity contribution in [1.29, 1.82) is 0 Å². The molecule has 24 heavy (non-hydrogen) atoms. The number of nitrogens with one attached hydrogen (secondary N) is 1. The van der Waals surface area contributed by atoms with Crippen LogP contribution in [0.4, 0.5) is 0 Å². The smallest absolute Gasteiger partial charge is 0.310 e. The van der Waals surface area contributed by atoms with Crippen molar-refractivity contribution in [3.63, 3.8) is 0 Å². The second-order valence-corrected chi connectivity index (χ2v) is 6.12. The van der Waals surface area contributed by atoms with Crippen molar-refractivity contribution in [3.05, 3.63) is 69.2 Å². The molecule has 0 aliphatic rings. The number of esters is 1. The number of hydrogen-bond acceptors (Lipinski definition) is 3. The van der Waals surface area contributed by atoms with Gasteiger partial charge in [0.2, 0.25) is 0 Å². The highest BCUT2D eigenvalue weighted by molar-refractivity contribution is 6.35. The van der Waals surface area contributed by atoms with E-state index in [0.717, 1.165) is 11.1 Å². The first kappa shape index (κ1) is 18.3. The lowest BCUT2D eigenvalue weighted by molar-refractivity contribution is -0.147. The monoisotopic (exact) mass is 365 g/mol. The number of rotatable bonds is 6. The van der Waals surface area contributed by atoms with Gasteiger partial charge in [0.25, 0.3) is 5.91 Å². The minimum atomic E-state index is -0.523. The predicted molar refractivity (Wildman–Crippen MR) is 94.2 cm³/mol. The number of benzene rings is 2. The summed E-state index contributed by atoms with van der Waals surface area (Å²) in [6.45, 7) is 2.04. The standard InChI is InChI=1S/C18H17Cl2NO3/c1-12-4-2-3-5-14(12)10-21-17(22)11-24-18(23)8-13-6-7-15(19)9-16(13)20/h2-7,9H,8,10-11H2,1H3,(H,21,22). The van der Waals surface area contributed by atoms with Crippen molar-refractivity contribution in [2.45, 2.75) is 19.9 Å². The van der Waals surface area contributed by atoms with E-state index in [0.29, 0.717) is 22.2 Å². The van der Waals surface area contributed by atoms with E-state index in [-0.39, 0.29) is 18.9 Å². The second-order valence-electron chi connectivity index (χ2n) is 5.28. The van der Waals surface area contributed by atoms with Gasteiger partial charge in [-0.1, -0.05) is 53.5 Å². The van der Waals surface area contributed by atoms with Gasteiger partial charge in [-0.25, -0.2) is 0 Å². The maximum Gasteiger partial charge on any atom is 0.310 e. The Balaban J connectivity index is 1.77. The van der Waals surface area contributed by atoms with Gasteiger partial charge in [-0.15, -0.1) is 0 Å². The molecule has 0 aliphatic heterocycles. The van der Waals surface area contributed by atoms with Crippen LogP contribution in [0.1, 0.15) is 16.7 Å². The average Bonchev–Trinajstić information content (AvgIpc) is 2.55. The van der Waals surface area contributed by atoms with Gasteiger partial charge in [-0.2, -0.15) is 0 Å². The van der Waals surface area contributed by atoms with E-state index < -0.39 is 5.97 Å². The van der Waals surface area contributed by atoms with Gasteiger partial charge >= 0.3 is 5.97 Å². The summed E-state index contributed by atoms with van der Waals surface area (Å²) in [7, 11) is 0. The third-order valence-electron chi connectivity index (χ3n) is 3.45. The number of amides is 1. The van der Waals surface area contributed by atoms with Gasteiger partial charge in [-0.05, 0) is 35.7 Å². The number of halogens is 2. The quantitative estimate of drug-likeness (QED) is 0.793. The molecule has 1 N–H and O–H groups in total. The van der Waals surface area contributed by atoms with Gasteiger partial charge < -0.3 is 10.1 Å². The minimum Gasteiger partial charge on any atom is -0.455 e. The molecule has 0 aliphatic carbocycles. The van der Waals surface area contributed by atoms with Gasteiger partial charge in [0.15, 0.2) is 6.61 Å². The number of ether oxygens (including phenoxy) is 1. The molecule has 6 heteroatoms. The van der Waals surface area contributed by atoms with E-state index in [1.807, 2.05) is 31.2 Å². The fourth-order valence-electron chi connectivity index (χ4n) is 2.07. The fourth-order valence-corrected chi connectivity index (χ4v) is 2.55. The van der Waals surface area contributed by atoms with Crippen LogP contribution >= 0.6 is 23.2 Å². The highest BCUT2D eigenvalue weighted by Gasteiger charge is 2.11. The van der Waals surface area contributed by atoms with E-state index in [1.165, 1.54) is 0 Å². The van der Waals surface area contributed by atoms with Gasteiger partial charge in [-0.3, -0.25) is 9.59 Å². The molecule has 2 rings (SSSR count). The first-order valence-electron chi connectivity index (χ1n) is 7.36. The largest absolute Gasteiger partial charge is 0.455 e. The summed E-state index contributed by atoms with van der Waals surface area (Å²) in [6, 6.07) is 12.6. The number of carbonyl (C=O) groups is 2. The molecular weight excluding hydrogens is 349 g/mol. The third-order valence-corrected chi connectivity index (χ3v) is 4.04. The van der Waals surface area contributed by atoms with Crippen LogP contribution in [0, 0.1) is 6.92 Å². The Bertz CT molecular complexity index is 747. The van der Waals surface area contributed by atoms with E-state index in [2.05, 4.69) is 5.32 Å². The molecule has 0 saturated carbocycles. The molecule has 0 heterocycles. The lowest BCUT2D eigenvalue weighted by Gasteiger charge is -2.09. The molecule has 2 aromatic carbocycles. The summed E-state index contributed by atoms with van der Waals surface area (Å²) in [5, 5.41) is 3.60. The molecule has 0 fully saturated rings. The predicted octanol–water partition coefficient (Wildman–Crippen LogP) is 3.70. The van der Waals surface area contributed by atoms with E-state index in [4.69, 9.17) is 27.9 Å². The van der Waals surface area contributed by atoms with Crippen molar-refractivity contribution >= 4 is 35.1 Å².